The molecule has 4 rings (SSSR count). The molecule has 2 aromatic heterocycles. The second-order valence-electron chi connectivity index (χ2n) is 6.86. The van der Waals surface area contributed by atoms with E-state index in [2.05, 4.69) is 26.2 Å². The van der Waals surface area contributed by atoms with Crippen LogP contribution in [0.2, 0.25) is 0 Å². The van der Waals surface area contributed by atoms with Gasteiger partial charge in [-0.2, -0.15) is 5.10 Å². The van der Waals surface area contributed by atoms with Crippen molar-refractivity contribution >= 4 is 16.9 Å². The van der Waals surface area contributed by atoms with Gasteiger partial charge in [0.05, 0.1) is 16.7 Å². The van der Waals surface area contributed by atoms with Crippen LogP contribution >= 0.6 is 0 Å². The van der Waals surface area contributed by atoms with Crippen molar-refractivity contribution in [2.45, 2.75) is 38.5 Å². The van der Waals surface area contributed by atoms with E-state index in [4.69, 9.17) is 0 Å². The van der Waals surface area contributed by atoms with Gasteiger partial charge in [0.25, 0.3) is 0 Å². The Morgan fingerprint density at radius 2 is 2.24 bits per heavy atom. The minimum Gasteiger partial charge on any atom is -0.342 e. The molecule has 25 heavy (non-hydrogen) atoms. The van der Waals surface area contributed by atoms with Crippen molar-refractivity contribution in [1.29, 1.82) is 0 Å². The maximum atomic E-state index is 12.6. The summed E-state index contributed by atoms with van der Waals surface area (Å²) in [5.41, 5.74) is 4.13. The van der Waals surface area contributed by atoms with Crippen molar-refractivity contribution in [3.8, 4) is 0 Å². The minimum atomic E-state index is 0.206. The molecule has 1 fully saturated rings. The number of para-hydroxylation sites is 2. The average Bonchev–Trinajstić information content (AvgIpc) is 3.25. The van der Waals surface area contributed by atoms with E-state index in [0.29, 0.717) is 18.8 Å². The summed E-state index contributed by atoms with van der Waals surface area (Å²) in [5, 5.41) is 7.38. The molecule has 6 nitrogen and oxygen atoms in total. The molecule has 0 radical (unpaired) electrons. The SMILES string of the molecule is Cc1cc([C@H]2CCCN(C(=O)CCc3nc4ccccc4[nH]3)C2)n[nH]1. The third-order valence-electron chi connectivity index (χ3n) is 4.93. The monoisotopic (exact) mass is 337 g/mol. The molecule has 1 aliphatic heterocycles. The van der Waals surface area contributed by atoms with Gasteiger partial charge in [0.2, 0.25) is 5.91 Å². The van der Waals surface area contributed by atoms with Crippen molar-refractivity contribution in [3.05, 3.63) is 47.5 Å². The summed E-state index contributed by atoms with van der Waals surface area (Å²) in [6.45, 7) is 3.62. The standard InChI is InChI=1S/C19H23N5O/c1-13-11-17(23-22-13)14-5-4-10-24(12-14)19(25)9-8-18-20-15-6-2-3-7-16(15)21-18/h2-3,6-7,11,14H,4-5,8-10,12H2,1H3,(H,20,21)(H,22,23)/t14-/m0/s1. The lowest BCUT2D eigenvalue weighted by Gasteiger charge is -2.32. The van der Waals surface area contributed by atoms with Gasteiger partial charge < -0.3 is 9.88 Å². The molecule has 3 aromatic rings. The molecule has 1 saturated heterocycles. The van der Waals surface area contributed by atoms with Crippen molar-refractivity contribution in [2.75, 3.05) is 13.1 Å². The minimum absolute atomic E-state index is 0.206. The predicted octanol–water partition coefficient (Wildman–Crippen LogP) is 2.93. The first-order valence-corrected chi connectivity index (χ1v) is 8.92. The highest BCUT2D eigenvalue weighted by molar-refractivity contribution is 5.77. The molecule has 0 spiro atoms. The van der Waals surface area contributed by atoms with E-state index in [1.807, 2.05) is 36.1 Å². The number of nitrogens with zero attached hydrogens (tertiary/aromatic N) is 3. The maximum absolute atomic E-state index is 12.6. The molecule has 0 bridgehead atoms. The van der Waals surface area contributed by atoms with Crippen LogP contribution in [0, 0.1) is 6.92 Å². The van der Waals surface area contributed by atoms with Crippen LogP contribution < -0.4 is 0 Å². The summed E-state index contributed by atoms with van der Waals surface area (Å²) in [5.74, 6) is 1.43. The zero-order chi connectivity index (χ0) is 17.2. The molecule has 0 saturated carbocycles. The topological polar surface area (TPSA) is 77.7 Å². The first-order valence-electron chi connectivity index (χ1n) is 8.92. The number of nitrogens with one attached hydrogen (secondary N) is 2. The lowest BCUT2D eigenvalue weighted by molar-refractivity contribution is -0.132. The number of aromatic nitrogens is 4. The fourth-order valence-corrected chi connectivity index (χ4v) is 3.60. The number of likely N-dealkylation sites (tertiary alicyclic amines) is 1. The number of benzene rings is 1. The molecule has 1 aromatic carbocycles. The molecule has 0 unspecified atom stereocenters. The number of carbonyl (C=O) groups is 1. The molecular formula is C19H23N5O. The van der Waals surface area contributed by atoms with Gasteiger partial charge >= 0.3 is 0 Å². The maximum Gasteiger partial charge on any atom is 0.223 e. The zero-order valence-corrected chi connectivity index (χ0v) is 14.5. The molecule has 1 aliphatic rings. The van der Waals surface area contributed by atoms with E-state index < -0.39 is 0 Å². The summed E-state index contributed by atoms with van der Waals surface area (Å²) >= 11 is 0. The normalized spacial score (nSPS) is 18.0. The summed E-state index contributed by atoms with van der Waals surface area (Å²) in [6, 6.07) is 10.0. The van der Waals surface area contributed by atoms with Crippen LogP contribution in [0.4, 0.5) is 0 Å². The predicted molar refractivity (Wildman–Crippen MR) is 96.3 cm³/mol. The summed E-state index contributed by atoms with van der Waals surface area (Å²) < 4.78 is 0. The fourth-order valence-electron chi connectivity index (χ4n) is 3.60. The zero-order valence-electron chi connectivity index (χ0n) is 14.5. The Kier molecular flexibility index (Phi) is 4.26. The van der Waals surface area contributed by atoms with Crippen LogP contribution in [-0.2, 0) is 11.2 Å². The van der Waals surface area contributed by atoms with Gasteiger partial charge in [-0.05, 0) is 38.0 Å². The molecule has 3 heterocycles. The molecule has 1 atom stereocenters. The molecule has 2 N–H and O–H groups in total. The van der Waals surface area contributed by atoms with E-state index >= 15 is 0 Å². The Hall–Kier alpha value is -2.63. The first kappa shape index (κ1) is 15.9. The second-order valence-corrected chi connectivity index (χ2v) is 6.86. The summed E-state index contributed by atoms with van der Waals surface area (Å²) in [7, 11) is 0. The highest BCUT2D eigenvalue weighted by Gasteiger charge is 2.26. The van der Waals surface area contributed by atoms with Crippen molar-refractivity contribution in [1.82, 2.24) is 25.1 Å². The number of aryl methyl sites for hydroxylation is 2. The van der Waals surface area contributed by atoms with Gasteiger partial charge in [-0.3, -0.25) is 9.89 Å². The summed E-state index contributed by atoms with van der Waals surface area (Å²) in [4.78, 5) is 22.5. The largest absolute Gasteiger partial charge is 0.342 e. The number of piperidine rings is 1. The van der Waals surface area contributed by atoms with Crippen LogP contribution in [0.5, 0.6) is 0 Å². The van der Waals surface area contributed by atoms with Crippen LogP contribution in [0.15, 0.2) is 30.3 Å². The average molecular weight is 337 g/mol. The van der Waals surface area contributed by atoms with Crippen LogP contribution in [-0.4, -0.2) is 44.1 Å². The van der Waals surface area contributed by atoms with Gasteiger partial charge in [-0.15, -0.1) is 0 Å². The quantitative estimate of drug-likeness (QED) is 0.768. The lowest BCUT2D eigenvalue weighted by atomic mass is 9.94. The van der Waals surface area contributed by atoms with E-state index in [-0.39, 0.29) is 5.91 Å². The third-order valence-corrected chi connectivity index (χ3v) is 4.93. The first-order chi connectivity index (χ1) is 12.2. The van der Waals surface area contributed by atoms with Crippen molar-refractivity contribution in [2.24, 2.45) is 0 Å². The van der Waals surface area contributed by atoms with Crippen LogP contribution in [0.25, 0.3) is 11.0 Å². The second kappa shape index (κ2) is 6.70. The lowest BCUT2D eigenvalue weighted by Crippen LogP contribution is -2.39. The number of amides is 1. The van der Waals surface area contributed by atoms with Crippen LogP contribution in [0.1, 0.15) is 42.4 Å². The number of hydrogen-bond donors (Lipinski definition) is 2. The highest BCUT2D eigenvalue weighted by Crippen LogP contribution is 2.26. The molecule has 0 aliphatic carbocycles. The van der Waals surface area contributed by atoms with Gasteiger partial charge in [0.15, 0.2) is 0 Å². The Labute approximate surface area is 146 Å². The summed E-state index contributed by atoms with van der Waals surface area (Å²) in [6.07, 6.45) is 3.27. The number of carbonyl (C=O) groups excluding carboxylic acids is 1. The van der Waals surface area contributed by atoms with Gasteiger partial charge in [-0.1, -0.05) is 12.1 Å². The van der Waals surface area contributed by atoms with E-state index in [9.17, 15) is 4.79 Å². The number of hydrogen-bond acceptors (Lipinski definition) is 3. The molecule has 130 valence electrons. The Morgan fingerprint density at radius 1 is 1.36 bits per heavy atom. The van der Waals surface area contributed by atoms with Crippen LogP contribution in [0.3, 0.4) is 0 Å². The molecule has 1 amide bonds. The Bertz CT molecular complexity index is 848. The van der Waals surface area contributed by atoms with Gasteiger partial charge in [-0.25, -0.2) is 4.98 Å². The Morgan fingerprint density at radius 3 is 3.04 bits per heavy atom. The number of H-pyrrole nitrogens is 2. The number of fused-ring (bicyclic) bond motifs is 1. The number of imidazole rings is 1. The smallest absolute Gasteiger partial charge is 0.223 e. The molecular weight excluding hydrogens is 314 g/mol. The fraction of sp³-hybridized carbons (Fsp3) is 0.421. The number of aromatic amines is 2. The highest BCUT2D eigenvalue weighted by atomic mass is 16.2. The van der Waals surface area contributed by atoms with E-state index in [1.54, 1.807) is 0 Å². The third kappa shape index (κ3) is 3.43. The number of rotatable bonds is 4. The van der Waals surface area contributed by atoms with Gasteiger partial charge in [0, 0.05) is 37.5 Å². The van der Waals surface area contributed by atoms with Gasteiger partial charge in [0.1, 0.15) is 5.82 Å². The Balaban J connectivity index is 1.37. The van der Waals surface area contributed by atoms with Crippen molar-refractivity contribution < 1.29 is 4.79 Å². The van der Waals surface area contributed by atoms with E-state index in [1.165, 1.54) is 0 Å². The molecule has 6 heteroatoms. The van der Waals surface area contributed by atoms with Crippen molar-refractivity contribution in [3.63, 3.8) is 0 Å². The van der Waals surface area contributed by atoms with E-state index in [0.717, 1.165) is 54.2 Å².